The molecule has 0 amide bonds. The second-order valence-corrected chi connectivity index (χ2v) is 7.17. The van der Waals surface area contributed by atoms with Crippen LogP contribution < -0.4 is 4.74 Å². The predicted molar refractivity (Wildman–Crippen MR) is 110 cm³/mol. The van der Waals surface area contributed by atoms with E-state index in [1.54, 1.807) is 19.2 Å². The molecule has 7 nitrogen and oxygen atoms in total. The van der Waals surface area contributed by atoms with Gasteiger partial charge in [0.15, 0.2) is 0 Å². The molecular weight excluding hydrogens is 429 g/mol. The minimum absolute atomic E-state index is 0.595. The van der Waals surface area contributed by atoms with E-state index in [4.69, 9.17) is 24.5 Å². The van der Waals surface area contributed by atoms with Crippen molar-refractivity contribution in [2.45, 2.75) is 19.3 Å². The summed E-state index contributed by atoms with van der Waals surface area (Å²) in [7, 11) is 1.68. The molecule has 0 atom stereocenters. The molecule has 0 bridgehead atoms. The van der Waals surface area contributed by atoms with Gasteiger partial charge in [-0.25, -0.2) is 9.59 Å². The highest BCUT2D eigenvalue weighted by molar-refractivity contribution is 6.27. The van der Waals surface area contributed by atoms with E-state index in [9.17, 15) is 13.2 Å². The second-order valence-electron chi connectivity index (χ2n) is 7.17. The normalized spacial score (nSPS) is 14.9. The van der Waals surface area contributed by atoms with Crippen molar-refractivity contribution in [3.05, 3.63) is 65.2 Å². The average molecular weight is 454 g/mol. The number of methoxy groups -OCH3 is 1. The Labute approximate surface area is 183 Å². The molecule has 1 aliphatic rings. The van der Waals surface area contributed by atoms with Gasteiger partial charge in [-0.2, -0.15) is 13.2 Å². The summed E-state index contributed by atoms with van der Waals surface area (Å²) < 4.78 is 43.3. The van der Waals surface area contributed by atoms with Crippen molar-refractivity contribution in [3.63, 3.8) is 0 Å². The van der Waals surface area contributed by atoms with Gasteiger partial charge in [-0.15, -0.1) is 0 Å². The van der Waals surface area contributed by atoms with Crippen LogP contribution in [0, 0.1) is 0 Å². The lowest BCUT2D eigenvalue weighted by atomic mass is 10.1. The zero-order valence-electron chi connectivity index (χ0n) is 17.5. The first-order chi connectivity index (χ1) is 15.1. The Kier molecular flexibility index (Phi) is 9.03. The Morgan fingerprint density at radius 2 is 1.38 bits per heavy atom. The number of para-hydroxylation sites is 1. The van der Waals surface area contributed by atoms with Crippen LogP contribution in [0.25, 0.3) is 0 Å². The van der Waals surface area contributed by atoms with Gasteiger partial charge in [0.25, 0.3) is 0 Å². The van der Waals surface area contributed by atoms with Gasteiger partial charge in [0.1, 0.15) is 5.75 Å². The third-order valence-corrected chi connectivity index (χ3v) is 4.92. The minimum atomic E-state index is -4.28. The van der Waals surface area contributed by atoms with Gasteiger partial charge in [-0.3, -0.25) is 9.80 Å². The van der Waals surface area contributed by atoms with Crippen molar-refractivity contribution < 1.29 is 37.7 Å². The number of halogens is 3. The monoisotopic (exact) mass is 454 g/mol. The number of hydrogen-bond acceptors (Lipinski definition) is 5. The summed E-state index contributed by atoms with van der Waals surface area (Å²) in [4.78, 5) is 22.9. The molecule has 1 fully saturated rings. The summed E-state index contributed by atoms with van der Waals surface area (Å²) in [6, 6.07) is 13.5. The van der Waals surface area contributed by atoms with E-state index in [1.165, 1.54) is 5.56 Å². The zero-order chi connectivity index (χ0) is 23.7. The number of carboxylic acids is 2. The molecule has 0 saturated carbocycles. The van der Waals surface area contributed by atoms with Crippen LogP contribution >= 0.6 is 0 Å². The number of rotatable bonds is 5. The quantitative estimate of drug-likeness (QED) is 0.671. The molecule has 174 valence electrons. The maximum atomic E-state index is 12.6. The number of piperazine rings is 1. The average Bonchev–Trinajstić information content (AvgIpc) is 2.75. The Balaban J connectivity index is 0.000000534. The van der Waals surface area contributed by atoms with E-state index in [1.807, 2.05) is 18.2 Å². The number of carboxylic acid groups (broad SMARTS) is 2. The second kappa shape index (κ2) is 11.5. The largest absolute Gasteiger partial charge is 0.496 e. The number of nitrogens with zero attached hydrogens (tertiary/aromatic N) is 2. The molecule has 0 unspecified atom stereocenters. The van der Waals surface area contributed by atoms with Crippen molar-refractivity contribution in [2.75, 3.05) is 33.3 Å². The number of ether oxygens (including phenoxy) is 1. The molecule has 1 saturated heterocycles. The number of benzene rings is 2. The van der Waals surface area contributed by atoms with Gasteiger partial charge in [0, 0.05) is 44.8 Å². The maximum Gasteiger partial charge on any atom is 0.416 e. The molecule has 0 aliphatic carbocycles. The standard InChI is InChI=1S/C20H23F3N2O.C2H2O4/c1-26-19-5-3-2-4-17(19)15-25-12-10-24(11-13-25)14-16-6-8-18(9-7-16)20(21,22)23;3-1(4)2(5)6/h2-9H,10-15H2,1H3;(H,3,4)(H,5,6). The van der Waals surface area contributed by atoms with Crippen molar-refractivity contribution in [3.8, 4) is 5.75 Å². The molecule has 3 rings (SSSR count). The predicted octanol–water partition coefficient (Wildman–Crippen LogP) is 3.19. The van der Waals surface area contributed by atoms with Crippen molar-refractivity contribution in [1.29, 1.82) is 0 Å². The molecule has 2 aromatic carbocycles. The Morgan fingerprint density at radius 1 is 0.875 bits per heavy atom. The lowest BCUT2D eigenvalue weighted by molar-refractivity contribution is -0.159. The SMILES string of the molecule is COc1ccccc1CN1CCN(Cc2ccc(C(F)(F)F)cc2)CC1.O=C(O)C(=O)O. The fraction of sp³-hybridized carbons (Fsp3) is 0.364. The Hall–Kier alpha value is -3.11. The number of hydrogen-bond donors (Lipinski definition) is 2. The van der Waals surface area contributed by atoms with Crippen LogP contribution in [0.15, 0.2) is 48.5 Å². The summed E-state index contributed by atoms with van der Waals surface area (Å²) in [5.41, 5.74) is 1.49. The van der Waals surface area contributed by atoms with Crippen LogP contribution in [-0.2, 0) is 28.9 Å². The lowest BCUT2D eigenvalue weighted by Gasteiger charge is -2.35. The Morgan fingerprint density at radius 3 is 1.84 bits per heavy atom. The van der Waals surface area contributed by atoms with Crippen molar-refractivity contribution >= 4 is 11.9 Å². The van der Waals surface area contributed by atoms with Crippen LogP contribution in [0.3, 0.4) is 0 Å². The fourth-order valence-electron chi connectivity index (χ4n) is 3.24. The Bertz CT molecular complexity index is 883. The summed E-state index contributed by atoms with van der Waals surface area (Å²) in [6.07, 6.45) is -4.28. The highest BCUT2D eigenvalue weighted by Crippen LogP contribution is 2.29. The topological polar surface area (TPSA) is 90.3 Å². The molecular formula is C22H25F3N2O5. The van der Waals surface area contributed by atoms with Crippen LogP contribution in [0.4, 0.5) is 13.2 Å². The molecule has 0 spiro atoms. The first-order valence-corrected chi connectivity index (χ1v) is 9.79. The van der Waals surface area contributed by atoms with E-state index in [-0.39, 0.29) is 0 Å². The number of alkyl halides is 3. The molecule has 2 N–H and O–H groups in total. The first kappa shape index (κ1) is 25.2. The fourth-order valence-corrected chi connectivity index (χ4v) is 3.24. The first-order valence-electron chi connectivity index (χ1n) is 9.79. The zero-order valence-corrected chi connectivity index (χ0v) is 17.5. The number of aliphatic carboxylic acids is 2. The summed E-state index contributed by atoms with van der Waals surface area (Å²) in [5, 5.41) is 14.8. The molecule has 1 aliphatic heterocycles. The van der Waals surface area contributed by atoms with Gasteiger partial charge in [0.2, 0.25) is 0 Å². The van der Waals surface area contributed by atoms with Crippen molar-refractivity contribution in [1.82, 2.24) is 9.80 Å². The van der Waals surface area contributed by atoms with Gasteiger partial charge in [-0.05, 0) is 23.8 Å². The van der Waals surface area contributed by atoms with E-state index >= 15 is 0 Å². The van der Waals surface area contributed by atoms with Gasteiger partial charge in [0.05, 0.1) is 12.7 Å². The molecule has 0 aromatic heterocycles. The van der Waals surface area contributed by atoms with Gasteiger partial charge in [-0.1, -0.05) is 30.3 Å². The summed E-state index contributed by atoms with van der Waals surface area (Å²) in [5.74, 6) is -2.75. The highest BCUT2D eigenvalue weighted by atomic mass is 19.4. The van der Waals surface area contributed by atoms with Crippen LogP contribution in [-0.4, -0.2) is 65.2 Å². The van der Waals surface area contributed by atoms with Crippen LogP contribution in [0.2, 0.25) is 0 Å². The summed E-state index contributed by atoms with van der Waals surface area (Å²) >= 11 is 0. The van der Waals surface area contributed by atoms with E-state index in [2.05, 4.69) is 15.9 Å². The van der Waals surface area contributed by atoms with E-state index in [0.29, 0.717) is 6.54 Å². The summed E-state index contributed by atoms with van der Waals surface area (Å²) in [6.45, 7) is 5.18. The van der Waals surface area contributed by atoms with Crippen LogP contribution in [0.5, 0.6) is 5.75 Å². The highest BCUT2D eigenvalue weighted by Gasteiger charge is 2.30. The lowest BCUT2D eigenvalue weighted by Crippen LogP contribution is -2.45. The third kappa shape index (κ3) is 7.86. The minimum Gasteiger partial charge on any atom is -0.496 e. The molecule has 10 heteroatoms. The molecule has 0 radical (unpaired) electrons. The molecule has 2 aromatic rings. The maximum absolute atomic E-state index is 12.6. The van der Waals surface area contributed by atoms with Crippen LogP contribution in [0.1, 0.15) is 16.7 Å². The van der Waals surface area contributed by atoms with Crippen molar-refractivity contribution in [2.24, 2.45) is 0 Å². The molecule has 32 heavy (non-hydrogen) atoms. The van der Waals surface area contributed by atoms with E-state index in [0.717, 1.165) is 56.2 Å². The molecule has 1 heterocycles. The smallest absolute Gasteiger partial charge is 0.416 e. The van der Waals surface area contributed by atoms with Gasteiger partial charge < -0.3 is 14.9 Å². The third-order valence-electron chi connectivity index (χ3n) is 4.92. The number of carbonyl (C=O) groups is 2. The van der Waals surface area contributed by atoms with Gasteiger partial charge >= 0.3 is 18.1 Å². The van der Waals surface area contributed by atoms with E-state index < -0.39 is 23.7 Å².